The molecule has 3 aliphatic heterocycles. The average molecular weight is 280 g/mol. The van der Waals surface area contributed by atoms with Gasteiger partial charge < -0.3 is 15.1 Å². The monoisotopic (exact) mass is 280 g/mol. The summed E-state index contributed by atoms with van der Waals surface area (Å²) in [7, 11) is 0. The second-order valence-corrected chi connectivity index (χ2v) is 6.04. The Kier molecular flexibility index (Phi) is 4.21. The minimum atomic E-state index is 0.168. The SMILES string of the molecule is O=C(CN1CCCC1)N1CCN(C(=O)C2CNC2)CC1. The molecule has 2 amide bonds. The molecule has 0 aliphatic carbocycles. The number of nitrogens with one attached hydrogen (secondary N) is 1. The smallest absolute Gasteiger partial charge is 0.236 e. The molecule has 0 spiro atoms. The summed E-state index contributed by atoms with van der Waals surface area (Å²) in [6, 6.07) is 0. The molecule has 0 bridgehead atoms. The maximum atomic E-state index is 12.2. The number of hydrogen-bond donors (Lipinski definition) is 1. The average Bonchev–Trinajstić information content (AvgIpc) is 2.89. The lowest BCUT2D eigenvalue weighted by Crippen LogP contribution is -2.57. The summed E-state index contributed by atoms with van der Waals surface area (Å²) in [5.41, 5.74) is 0. The molecule has 112 valence electrons. The Bertz CT molecular complexity index is 369. The lowest BCUT2D eigenvalue weighted by Gasteiger charge is -2.38. The van der Waals surface area contributed by atoms with Crippen molar-refractivity contribution in [3.05, 3.63) is 0 Å². The minimum Gasteiger partial charge on any atom is -0.339 e. The molecule has 3 saturated heterocycles. The van der Waals surface area contributed by atoms with Gasteiger partial charge in [0.05, 0.1) is 12.5 Å². The molecular weight excluding hydrogens is 256 g/mol. The summed E-state index contributed by atoms with van der Waals surface area (Å²) in [6.07, 6.45) is 2.43. The molecule has 0 atom stereocenters. The van der Waals surface area contributed by atoms with Crippen LogP contribution in [0.3, 0.4) is 0 Å². The molecule has 1 N–H and O–H groups in total. The first-order valence-corrected chi connectivity index (χ1v) is 7.73. The van der Waals surface area contributed by atoms with Crippen LogP contribution in [0.1, 0.15) is 12.8 Å². The van der Waals surface area contributed by atoms with Gasteiger partial charge in [-0.2, -0.15) is 0 Å². The molecule has 3 rings (SSSR count). The van der Waals surface area contributed by atoms with E-state index in [4.69, 9.17) is 0 Å². The third-order valence-electron chi connectivity index (χ3n) is 4.63. The molecule has 20 heavy (non-hydrogen) atoms. The summed E-state index contributed by atoms with van der Waals surface area (Å²) in [4.78, 5) is 30.4. The molecule has 6 heteroatoms. The molecule has 6 nitrogen and oxygen atoms in total. The lowest BCUT2D eigenvalue weighted by atomic mass is 10.0. The molecule has 0 saturated carbocycles. The third kappa shape index (κ3) is 2.96. The summed E-state index contributed by atoms with van der Waals surface area (Å²) < 4.78 is 0. The molecular formula is C14H24N4O2. The lowest BCUT2D eigenvalue weighted by molar-refractivity contribution is -0.143. The van der Waals surface area contributed by atoms with E-state index in [1.165, 1.54) is 12.8 Å². The summed E-state index contributed by atoms with van der Waals surface area (Å²) >= 11 is 0. The van der Waals surface area contributed by atoms with Crippen LogP contribution < -0.4 is 5.32 Å². The zero-order chi connectivity index (χ0) is 13.9. The van der Waals surface area contributed by atoms with Crippen LogP contribution in [0.5, 0.6) is 0 Å². The number of nitrogens with zero attached hydrogens (tertiary/aromatic N) is 3. The molecule has 3 fully saturated rings. The first-order chi connectivity index (χ1) is 9.74. The predicted molar refractivity (Wildman–Crippen MR) is 75.2 cm³/mol. The fourth-order valence-electron chi connectivity index (χ4n) is 3.13. The van der Waals surface area contributed by atoms with Crippen LogP contribution in [0.15, 0.2) is 0 Å². The molecule has 0 aromatic heterocycles. The van der Waals surface area contributed by atoms with Crippen LogP contribution in [-0.2, 0) is 9.59 Å². The van der Waals surface area contributed by atoms with E-state index in [0.29, 0.717) is 32.7 Å². The summed E-state index contributed by atoms with van der Waals surface area (Å²) in [6.45, 7) is 7.07. The highest BCUT2D eigenvalue weighted by molar-refractivity contribution is 5.81. The van der Waals surface area contributed by atoms with Gasteiger partial charge >= 0.3 is 0 Å². The Labute approximate surface area is 120 Å². The molecule has 3 heterocycles. The molecule has 0 aromatic rings. The summed E-state index contributed by atoms with van der Waals surface area (Å²) in [5, 5.41) is 3.13. The fraction of sp³-hybridized carbons (Fsp3) is 0.857. The van der Waals surface area contributed by atoms with Crippen LogP contribution in [0.4, 0.5) is 0 Å². The van der Waals surface area contributed by atoms with Gasteiger partial charge in [-0.3, -0.25) is 14.5 Å². The molecule has 3 aliphatic rings. The van der Waals surface area contributed by atoms with Crippen molar-refractivity contribution in [2.75, 3.05) is 58.9 Å². The Hall–Kier alpha value is -1.14. The fourth-order valence-corrected chi connectivity index (χ4v) is 3.13. The van der Waals surface area contributed by atoms with Gasteiger partial charge in [0.15, 0.2) is 0 Å². The van der Waals surface area contributed by atoms with Crippen molar-refractivity contribution in [1.29, 1.82) is 0 Å². The Morgan fingerprint density at radius 1 is 0.900 bits per heavy atom. The van der Waals surface area contributed by atoms with E-state index in [2.05, 4.69) is 10.2 Å². The van der Waals surface area contributed by atoms with E-state index in [0.717, 1.165) is 26.2 Å². The predicted octanol–water partition coefficient (Wildman–Crippen LogP) is -1.03. The van der Waals surface area contributed by atoms with Crippen LogP contribution in [-0.4, -0.2) is 85.4 Å². The van der Waals surface area contributed by atoms with E-state index in [1.807, 2.05) is 9.80 Å². The zero-order valence-corrected chi connectivity index (χ0v) is 12.0. The quantitative estimate of drug-likeness (QED) is 0.718. The standard InChI is InChI=1S/C14H24N4O2/c19-13(11-16-3-1-2-4-16)17-5-7-18(8-6-17)14(20)12-9-15-10-12/h12,15H,1-11H2. The van der Waals surface area contributed by atoms with Gasteiger partial charge in [0, 0.05) is 39.3 Å². The zero-order valence-electron chi connectivity index (χ0n) is 12.0. The van der Waals surface area contributed by atoms with Crippen molar-refractivity contribution in [1.82, 2.24) is 20.0 Å². The van der Waals surface area contributed by atoms with Crippen molar-refractivity contribution < 1.29 is 9.59 Å². The number of amides is 2. The van der Waals surface area contributed by atoms with Gasteiger partial charge in [-0.1, -0.05) is 0 Å². The number of rotatable bonds is 3. The molecule has 0 aromatic carbocycles. The molecule has 0 radical (unpaired) electrons. The Balaban J connectivity index is 1.43. The van der Waals surface area contributed by atoms with Crippen LogP contribution in [0.25, 0.3) is 0 Å². The van der Waals surface area contributed by atoms with Gasteiger partial charge in [0.1, 0.15) is 0 Å². The van der Waals surface area contributed by atoms with Crippen LogP contribution >= 0.6 is 0 Å². The largest absolute Gasteiger partial charge is 0.339 e. The normalized spacial score (nSPS) is 24.8. The number of piperazine rings is 1. The second kappa shape index (κ2) is 6.10. The van der Waals surface area contributed by atoms with Gasteiger partial charge in [-0.15, -0.1) is 0 Å². The Morgan fingerprint density at radius 3 is 2.05 bits per heavy atom. The summed E-state index contributed by atoms with van der Waals surface area (Å²) in [5.74, 6) is 0.654. The number of carbonyl (C=O) groups is 2. The van der Waals surface area contributed by atoms with Gasteiger partial charge in [-0.25, -0.2) is 0 Å². The van der Waals surface area contributed by atoms with Crippen molar-refractivity contribution in [3.8, 4) is 0 Å². The van der Waals surface area contributed by atoms with Crippen LogP contribution in [0, 0.1) is 5.92 Å². The van der Waals surface area contributed by atoms with E-state index in [9.17, 15) is 9.59 Å². The number of likely N-dealkylation sites (tertiary alicyclic amines) is 1. The topological polar surface area (TPSA) is 55.9 Å². The van der Waals surface area contributed by atoms with Gasteiger partial charge in [-0.05, 0) is 25.9 Å². The van der Waals surface area contributed by atoms with E-state index in [1.54, 1.807) is 0 Å². The Morgan fingerprint density at radius 2 is 1.50 bits per heavy atom. The van der Waals surface area contributed by atoms with Crippen LogP contribution in [0.2, 0.25) is 0 Å². The molecule has 0 unspecified atom stereocenters. The van der Waals surface area contributed by atoms with Gasteiger partial charge in [0.2, 0.25) is 11.8 Å². The van der Waals surface area contributed by atoms with Gasteiger partial charge in [0.25, 0.3) is 0 Å². The number of hydrogen-bond acceptors (Lipinski definition) is 4. The van der Waals surface area contributed by atoms with E-state index in [-0.39, 0.29) is 17.7 Å². The van der Waals surface area contributed by atoms with Crippen molar-refractivity contribution in [3.63, 3.8) is 0 Å². The first kappa shape index (κ1) is 13.8. The van der Waals surface area contributed by atoms with Crippen molar-refractivity contribution >= 4 is 11.8 Å². The minimum absolute atomic E-state index is 0.168. The first-order valence-electron chi connectivity index (χ1n) is 7.73. The second-order valence-electron chi connectivity index (χ2n) is 6.04. The van der Waals surface area contributed by atoms with Crippen molar-refractivity contribution in [2.45, 2.75) is 12.8 Å². The highest BCUT2D eigenvalue weighted by Crippen LogP contribution is 2.12. The third-order valence-corrected chi connectivity index (χ3v) is 4.63. The highest BCUT2D eigenvalue weighted by atomic mass is 16.2. The maximum absolute atomic E-state index is 12.2. The van der Waals surface area contributed by atoms with Crippen molar-refractivity contribution in [2.24, 2.45) is 5.92 Å². The highest BCUT2D eigenvalue weighted by Gasteiger charge is 2.32. The number of carbonyl (C=O) groups excluding carboxylic acids is 2. The maximum Gasteiger partial charge on any atom is 0.236 e. The van der Waals surface area contributed by atoms with E-state index >= 15 is 0 Å². The van der Waals surface area contributed by atoms with E-state index < -0.39 is 0 Å².